The summed E-state index contributed by atoms with van der Waals surface area (Å²) >= 11 is 0. The lowest BCUT2D eigenvalue weighted by atomic mass is 10.1. The van der Waals surface area contributed by atoms with Crippen molar-refractivity contribution in [1.82, 2.24) is 19.5 Å². The number of nitrogens with zero attached hydrogens (tertiary/aromatic N) is 3. The molecule has 6 nitrogen and oxygen atoms in total. The number of benzene rings is 1. The van der Waals surface area contributed by atoms with Crippen molar-refractivity contribution >= 4 is 16.1 Å². The van der Waals surface area contributed by atoms with Crippen molar-refractivity contribution < 1.29 is 8.42 Å². The van der Waals surface area contributed by atoms with Crippen LogP contribution in [0.1, 0.15) is 22.5 Å². The number of sulfonamides is 1. The Morgan fingerprint density at radius 2 is 1.81 bits per heavy atom. The van der Waals surface area contributed by atoms with Gasteiger partial charge in [-0.2, -0.15) is 5.10 Å². The molecule has 0 spiro atoms. The second-order valence-corrected chi connectivity index (χ2v) is 7.80. The Bertz CT molecular complexity index is 1030. The number of aromatic nitrogens is 3. The molecule has 3 aromatic rings. The van der Waals surface area contributed by atoms with Crippen LogP contribution in [0.25, 0.3) is 11.9 Å². The zero-order valence-electron chi connectivity index (χ0n) is 15.3. The van der Waals surface area contributed by atoms with E-state index in [1.165, 1.54) is 5.41 Å². The van der Waals surface area contributed by atoms with E-state index in [1.54, 1.807) is 17.0 Å². The lowest BCUT2D eigenvalue weighted by Gasteiger charge is -2.05. The van der Waals surface area contributed by atoms with Gasteiger partial charge in [0.15, 0.2) is 5.82 Å². The average Bonchev–Trinajstić information content (AvgIpc) is 2.96. The monoisotopic (exact) mass is 382 g/mol. The molecule has 0 atom stereocenters. The van der Waals surface area contributed by atoms with E-state index in [1.807, 2.05) is 62.4 Å². The molecule has 0 saturated carbocycles. The Kier molecular flexibility index (Phi) is 5.83. The van der Waals surface area contributed by atoms with Crippen molar-refractivity contribution in [2.45, 2.75) is 20.3 Å². The predicted molar refractivity (Wildman–Crippen MR) is 107 cm³/mol. The van der Waals surface area contributed by atoms with Gasteiger partial charge in [-0.25, -0.2) is 22.8 Å². The lowest BCUT2D eigenvalue weighted by molar-refractivity contribution is 0.591. The molecule has 0 aliphatic carbocycles. The Balaban J connectivity index is 1.65. The average molecular weight is 382 g/mol. The fourth-order valence-electron chi connectivity index (χ4n) is 2.84. The van der Waals surface area contributed by atoms with E-state index < -0.39 is 10.0 Å². The predicted octanol–water partition coefficient (Wildman–Crippen LogP) is 3.02. The highest BCUT2D eigenvalue weighted by molar-refractivity contribution is 7.92. The van der Waals surface area contributed by atoms with Crippen LogP contribution >= 0.6 is 0 Å². The van der Waals surface area contributed by atoms with Gasteiger partial charge in [0.1, 0.15) is 0 Å². The minimum absolute atomic E-state index is 0.303. The van der Waals surface area contributed by atoms with Crippen LogP contribution in [0.4, 0.5) is 0 Å². The summed E-state index contributed by atoms with van der Waals surface area (Å²) in [6.45, 7) is 4.19. The molecule has 0 amide bonds. The van der Waals surface area contributed by atoms with Crippen LogP contribution < -0.4 is 4.72 Å². The first-order valence-electron chi connectivity index (χ1n) is 8.65. The van der Waals surface area contributed by atoms with Crippen molar-refractivity contribution in [3.8, 4) is 5.82 Å². The Morgan fingerprint density at radius 3 is 2.52 bits per heavy atom. The van der Waals surface area contributed by atoms with Gasteiger partial charge in [-0.15, -0.1) is 0 Å². The van der Waals surface area contributed by atoms with Crippen LogP contribution in [-0.4, -0.2) is 29.7 Å². The van der Waals surface area contributed by atoms with E-state index in [0.717, 1.165) is 28.3 Å². The summed E-state index contributed by atoms with van der Waals surface area (Å²) in [7, 11) is -3.49. The minimum Gasteiger partial charge on any atom is -0.237 e. The summed E-state index contributed by atoms with van der Waals surface area (Å²) in [5.41, 5.74) is 3.70. The van der Waals surface area contributed by atoms with E-state index in [2.05, 4.69) is 14.8 Å². The molecule has 3 rings (SSSR count). The fourth-order valence-corrected chi connectivity index (χ4v) is 3.66. The van der Waals surface area contributed by atoms with Crippen LogP contribution in [0.15, 0.2) is 60.1 Å². The Hall–Kier alpha value is -2.77. The maximum absolute atomic E-state index is 12.2. The molecule has 2 aromatic heterocycles. The van der Waals surface area contributed by atoms with Crippen molar-refractivity contribution in [3.63, 3.8) is 0 Å². The highest BCUT2D eigenvalue weighted by atomic mass is 32.2. The summed E-state index contributed by atoms with van der Waals surface area (Å²) in [6.07, 6.45) is 3.86. The number of pyridine rings is 1. The molecule has 140 valence electrons. The summed E-state index contributed by atoms with van der Waals surface area (Å²) in [6, 6.07) is 15.0. The molecule has 0 radical (unpaired) electrons. The van der Waals surface area contributed by atoms with Gasteiger partial charge >= 0.3 is 0 Å². The highest BCUT2D eigenvalue weighted by Gasteiger charge is 2.14. The van der Waals surface area contributed by atoms with Gasteiger partial charge in [0.2, 0.25) is 10.0 Å². The van der Waals surface area contributed by atoms with Gasteiger partial charge in [0.05, 0.1) is 5.69 Å². The van der Waals surface area contributed by atoms with Gasteiger partial charge < -0.3 is 0 Å². The van der Waals surface area contributed by atoms with Crippen molar-refractivity contribution in [2.24, 2.45) is 0 Å². The molecule has 0 aliphatic rings. The van der Waals surface area contributed by atoms with Crippen molar-refractivity contribution in [2.75, 3.05) is 6.54 Å². The van der Waals surface area contributed by atoms with Gasteiger partial charge in [-0.05, 0) is 49.6 Å². The first kappa shape index (κ1) is 19.0. The smallest absolute Gasteiger partial charge is 0.233 e. The number of hydrogen-bond donors (Lipinski definition) is 1. The van der Waals surface area contributed by atoms with E-state index in [-0.39, 0.29) is 0 Å². The van der Waals surface area contributed by atoms with E-state index in [0.29, 0.717) is 13.0 Å². The maximum Gasteiger partial charge on any atom is 0.233 e. The van der Waals surface area contributed by atoms with Crippen LogP contribution in [0, 0.1) is 13.8 Å². The highest BCUT2D eigenvalue weighted by Crippen LogP contribution is 2.17. The molecule has 1 N–H and O–H groups in total. The van der Waals surface area contributed by atoms with E-state index >= 15 is 0 Å². The SMILES string of the molecule is Cc1nn(-c2ccccn2)c(C)c1CCNS(=O)(=O)/C=C/c1ccccc1. The van der Waals surface area contributed by atoms with Crippen LogP contribution in [-0.2, 0) is 16.4 Å². The minimum atomic E-state index is -3.49. The number of nitrogens with one attached hydrogen (secondary N) is 1. The number of hydrogen-bond acceptors (Lipinski definition) is 4. The van der Waals surface area contributed by atoms with Crippen LogP contribution in [0.2, 0.25) is 0 Å². The summed E-state index contributed by atoms with van der Waals surface area (Å²) < 4.78 is 28.7. The standard InChI is InChI=1S/C20H22N4O2S/c1-16-19(17(2)24(23-16)20-10-6-7-13-21-20)11-14-22-27(25,26)15-12-18-8-4-3-5-9-18/h3-10,12-13,15,22H,11,14H2,1-2H3/b15-12+. The lowest BCUT2D eigenvalue weighted by Crippen LogP contribution is -2.24. The number of rotatable bonds is 7. The van der Waals surface area contributed by atoms with E-state index in [9.17, 15) is 8.42 Å². The zero-order valence-corrected chi connectivity index (χ0v) is 16.1. The van der Waals surface area contributed by atoms with Crippen molar-refractivity contribution in [1.29, 1.82) is 0 Å². The third-order valence-electron chi connectivity index (χ3n) is 4.22. The van der Waals surface area contributed by atoms with Gasteiger partial charge in [0, 0.05) is 23.8 Å². The molecule has 0 aliphatic heterocycles. The molecular formula is C20H22N4O2S. The summed E-state index contributed by atoms with van der Waals surface area (Å²) in [4.78, 5) is 4.32. The summed E-state index contributed by atoms with van der Waals surface area (Å²) in [5, 5.41) is 5.73. The van der Waals surface area contributed by atoms with Gasteiger partial charge in [0.25, 0.3) is 0 Å². The molecule has 0 saturated heterocycles. The van der Waals surface area contributed by atoms with Crippen LogP contribution in [0.5, 0.6) is 0 Å². The zero-order chi connectivity index (χ0) is 19.3. The molecule has 2 heterocycles. The molecule has 7 heteroatoms. The first-order chi connectivity index (χ1) is 13.0. The van der Waals surface area contributed by atoms with Gasteiger partial charge in [-0.1, -0.05) is 36.4 Å². The van der Waals surface area contributed by atoms with Crippen molar-refractivity contribution in [3.05, 3.63) is 82.7 Å². The fraction of sp³-hybridized carbons (Fsp3) is 0.200. The van der Waals surface area contributed by atoms with Crippen LogP contribution in [0.3, 0.4) is 0 Å². The molecular weight excluding hydrogens is 360 g/mol. The third-order valence-corrected chi connectivity index (χ3v) is 5.33. The summed E-state index contributed by atoms with van der Waals surface area (Å²) in [5.74, 6) is 0.746. The second-order valence-electron chi connectivity index (χ2n) is 6.15. The maximum atomic E-state index is 12.2. The molecule has 0 fully saturated rings. The topological polar surface area (TPSA) is 76.9 Å². The molecule has 27 heavy (non-hydrogen) atoms. The third kappa shape index (κ3) is 4.90. The molecule has 1 aromatic carbocycles. The number of aryl methyl sites for hydroxylation is 1. The second kappa shape index (κ2) is 8.28. The largest absolute Gasteiger partial charge is 0.237 e. The van der Waals surface area contributed by atoms with Gasteiger partial charge in [-0.3, -0.25) is 0 Å². The Labute approximate surface area is 159 Å². The molecule has 0 unspecified atom stereocenters. The quantitative estimate of drug-likeness (QED) is 0.681. The van der Waals surface area contributed by atoms with E-state index in [4.69, 9.17) is 0 Å². The Morgan fingerprint density at radius 1 is 1.07 bits per heavy atom. The molecule has 0 bridgehead atoms. The first-order valence-corrected chi connectivity index (χ1v) is 10.2. The normalized spacial score (nSPS) is 11.9.